The van der Waals surface area contributed by atoms with Gasteiger partial charge in [-0.15, -0.1) is 0 Å². The van der Waals surface area contributed by atoms with Crippen LogP contribution in [-0.2, 0) is 4.74 Å². The zero-order chi connectivity index (χ0) is 10.2. The normalized spacial score (nSPS) is 52.2. The van der Waals surface area contributed by atoms with Gasteiger partial charge >= 0.3 is 0 Å². The Hall–Kier alpha value is -0.280. The molecule has 78 valence electrons. The lowest BCUT2D eigenvalue weighted by Crippen LogP contribution is -2.71. The minimum atomic E-state index is -2.27. The Morgan fingerprint density at radius 1 is 1.31 bits per heavy atom. The Morgan fingerprint density at radius 2 is 1.85 bits per heavy atom. The van der Waals surface area contributed by atoms with E-state index in [1.54, 1.807) is 0 Å². The molecule has 0 amide bonds. The lowest BCUT2D eigenvalue weighted by molar-refractivity contribution is -0.319. The van der Waals surface area contributed by atoms with E-state index in [0.717, 1.165) is 0 Å². The lowest BCUT2D eigenvalue weighted by Gasteiger charge is -2.44. The first-order valence-corrected chi connectivity index (χ1v) is 3.73. The first-order chi connectivity index (χ1) is 5.91. The van der Waals surface area contributed by atoms with E-state index in [2.05, 4.69) is 4.74 Å². The maximum absolute atomic E-state index is 9.36. The topological polar surface area (TPSA) is 136 Å². The van der Waals surface area contributed by atoms with Crippen molar-refractivity contribution in [2.24, 2.45) is 5.73 Å². The van der Waals surface area contributed by atoms with Crippen LogP contribution in [0.5, 0.6) is 0 Å². The van der Waals surface area contributed by atoms with E-state index in [1.807, 2.05) is 0 Å². The van der Waals surface area contributed by atoms with Crippen molar-refractivity contribution in [3.8, 4) is 0 Å². The van der Waals surface area contributed by atoms with Crippen LogP contribution in [0.1, 0.15) is 0 Å². The molecule has 0 saturated carbocycles. The van der Waals surface area contributed by atoms with Crippen LogP contribution < -0.4 is 5.73 Å². The number of aliphatic hydroxyl groups is 5. The molecule has 0 bridgehead atoms. The summed E-state index contributed by atoms with van der Waals surface area (Å²) in [4.78, 5) is 0. The minimum absolute atomic E-state index is 0.673. The van der Waals surface area contributed by atoms with Crippen LogP contribution in [0.4, 0.5) is 0 Å². The summed E-state index contributed by atoms with van der Waals surface area (Å²) in [5.74, 6) is 0. The van der Waals surface area contributed by atoms with E-state index in [0.29, 0.717) is 0 Å². The van der Waals surface area contributed by atoms with Gasteiger partial charge in [-0.3, -0.25) is 5.73 Å². The molecule has 0 aromatic heterocycles. The summed E-state index contributed by atoms with van der Waals surface area (Å²) in [5, 5.41) is 45.3. The Balaban J connectivity index is 2.82. The fourth-order valence-electron chi connectivity index (χ4n) is 1.17. The summed E-state index contributed by atoms with van der Waals surface area (Å²) < 4.78 is 4.55. The highest BCUT2D eigenvalue weighted by molar-refractivity contribution is 4.97. The molecule has 7 heteroatoms. The van der Waals surface area contributed by atoms with Gasteiger partial charge in [-0.05, 0) is 0 Å². The minimum Gasteiger partial charge on any atom is -0.393 e. The molecule has 1 saturated heterocycles. The molecule has 7 nitrogen and oxygen atoms in total. The number of rotatable bonds is 1. The van der Waals surface area contributed by atoms with E-state index >= 15 is 0 Å². The highest BCUT2D eigenvalue weighted by atomic mass is 16.6. The molecule has 1 rings (SSSR count). The van der Waals surface area contributed by atoms with Crippen molar-refractivity contribution in [1.82, 2.24) is 0 Å². The third kappa shape index (κ3) is 1.67. The second kappa shape index (κ2) is 3.46. The van der Waals surface area contributed by atoms with Crippen LogP contribution in [0.3, 0.4) is 0 Å². The zero-order valence-electron chi connectivity index (χ0n) is 6.74. The van der Waals surface area contributed by atoms with Gasteiger partial charge in [0.15, 0.2) is 12.0 Å². The largest absolute Gasteiger partial charge is 0.393 e. The number of hydrogen-bond acceptors (Lipinski definition) is 7. The first-order valence-electron chi connectivity index (χ1n) is 3.73. The quantitative estimate of drug-likeness (QED) is 0.235. The van der Waals surface area contributed by atoms with Crippen molar-refractivity contribution < 1.29 is 30.3 Å². The van der Waals surface area contributed by atoms with Crippen LogP contribution in [0.25, 0.3) is 0 Å². The van der Waals surface area contributed by atoms with Crippen LogP contribution in [0.2, 0.25) is 0 Å². The average molecular weight is 195 g/mol. The van der Waals surface area contributed by atoms with Crippen molar-refractivity contribution in [3.63, 3.8) is 0 Å². The Morgan fingerprint density at radius 3 is 2.31 bits per heavy atom. The predicted octanol–water partition coefficient (Wildman–Crippen LogP) is -3.94. The molecular weight excluding hydrogens is 182 g/mol. The van der Waals surface area contributed by atoms with E-state index in [1.165, 1.54) is 0 Å². The summed E-state index contributed by atoms with van der Waals surface area (Å²) in [5.41, 5.74) is 2.91. The summed E-state index contributed by atoms with van der Waals surface area (Å²) in [7, 11) is 0. The van der Waals surface area contributed by atoms with Gasteiger partial charge in [0, 0.05) is 0 Å². The molecule has 0 aliphatic carbocycles. The third-order valence-electron chi connectivity index (χ3n) is 2.07. The average Bonchev–Trinajstić information content (AvgIpc) is 2.08. The SMILES string of the molecule is NC1(O)C(CO)OC(O)C(O)C1O. The molecule has 0 radical (unpaired) electrons. The van der Waals surface area contributed by atoms with E-state index in [9.17, 15) is 10.2 Å². The Kier molecular flexibility index (Phi) is 2.88. The smallest absolute Gasteiger partial charge is 0.184 e. The van der Waals surface area contributed by atoms with Crippen molar-refractivity contribution in [2.45, 2.75) is 30.3 Å². The molecule has 1 aliphatic heterocycles. The molecular formula is C6H13NO6. The van der Waals surface area contributed by atoms with Gasteiger partial charge in [-0.2, -0.15) is 0 Å². The van der Waals surface area contributed by atoms with Gasteiger partial charge in [0.05, 0.1) is 6.61 Å². The monoisotopic (exact) mass is 195 g/mol. The van der Waals surface area contributed by atoms with E-state index < -0.39 is 36.9 Å². The summed E-state index contributed by atoms with van der Waals surface area (Å²) in [6, 6.07) is 0. The second-order valence-corrected chi connectivity index (χ2v) is 3.02. The van der Waals surface area contributed by atoms with Crippen molar-refractivity contribution in [2.75, 3.05) is 6.61 Å². The standard InChI is InChI=1S/C6H13NO6/c7-6(12)2(1-8)13-5(11)3(9)4(6)10/h2-5,8-12H,1,7H2. The molecule has 7 N–H and O–H groups in total. The van der Waals surface area contributed by atoms with Crippen LogP contribution in [0.15, 0.2) is 0 Å². The molecule has 0 aromatic carbocycles. The van der Waals surface area contributed by atoms with Crippen LogP contribution in [0, 0.1) is 0 Å². The summed E-state index contributed by atoms with van der Waals surface area (Å²) >= 11 is 0. The fraction of sp³-hybridized carbons (Fsp3) is 1.00. The molecule has 1 fully saturated rings. The lowest BCUT2D eigenvalue weighted by atomic mass is 9.93. The fourth-order valence-corrected chi connectivity index (χ4v) is 1.17. The highest BCUT2D eigenvalue weighted by Crippen LogP contribution is 2.24. The van der Waals surface area contributed by atoms with Gasteiger partial charge in [0.25, 0.3) is 0 Å². The van der Waals surface area contributed by atoms with Crippen LogP contribution >= 0.6 is 0 Å². The van der Waals surface area contributed by atoms with Gasteiger partial charge in [0.1, 0.15) is 18.3 Å². The van der Waals surface area contributed by atoms with Gasteiger partial charge in [-0.25, -0.2) is 0 Å². The zero-order valence-corrected chi connectivity index (χ0v) is 6.74. The summed E-state index contributed by atoms with van der Waals surface area (Å²) in [6.45, 7) is -0.673. The second-order valence-electron chi connectivity index (χ2n) is 3.02. The highest BCUT2D eigenvalue weighted by Gasteiger charge is 2.51. The van der Waals surface area contributed by atoms with Crippen molar-refractivity contribution in [3.05, 3.63) is 0 Å². The van der Waals surface area contributed by atoms with Crippen molar-refractivity contribution >= 4 is 0 Å². The van der Waals surface area contributed by atoms with Gasteiger partial charge in [-0.1, -0.05) is 0 Å². The number of nitrogens with two attached hydrogens (primary N) is 1. The Bertz CT molecular complexity index is 182. The third-order valence-corrected chi connectivity index (χ3v) is 2.07. The maximum atomic E-state index is 9.36. The molecule has 5 unspecified atom stereocenters. The molecule has 13 heavy (non-hydrogen) atoms. The molecule has 5 atom stereocenters. The number of ether oxygens (including phenoxy) is 1. The van der Waals surface area contributed by atoms with Crippen molar-refractivity contribution in [1.29, 1.82) is 0 Å². The van der Waals surface area contributed by atoms with Gasteiger partial charge in [0.2, 0.25) is 0 Å². The maximum Gasteiger partial charge on any atom is 0.184 e. The van der Waals surface area contributed by atoms with Gasteiger partial charge < -0.3 is 30.3 Å². The predicted molar refractivity (Wildman–Crippen MR) is 39.1 cm³/mol. The molecule has 1 heterocycles. The first kappa shape index (κ1) is 10.8. The number of hydrogen-bond donors (Lipinski definition) is 6. The summed E-state index contributed by atoms with van der Waals surface area (Å²) in [6.07, 6.45) is -6.47. The molecule has 1 aliphatic rings. The van der Waals surface area contributed by atoms with E-state index in [-0.39, 0.29) is 0 Å². The molecule has 0 spiro atoms. The van der Waals surface area contributed by atoms with E-state index in [4.69, 9.17) is 21.1 Å². The Labute approximate surface area is 74.0 Å². The number of aliphatic hydroxyl groups excluding tert-OH is 4. The molecule has 0 aromatic rings. The van der Waals surface area contributed by atoms with Crippen LogP contribution in [-0.4, -0.2) is 62.5 Å².